The van der Waals surface area contributed by atoms with Gasteiger partial charge in [-0.25, -0.2) is 4.98 Å². The van der Waals surface area contributed by atoms with Crippen LogP contribution in [0, 0.1) is 0 Å². The molecule has 1 aromatic carbocycles. The molecule has 0 spiro atoms. The topological polar surface area (TPSA) is 99.1 Å². The van der Waals surface area contributed by atoms with Gasteiger partial charge in [0.15, 0.2) is 0 Å². The first-order chi connectivity index (χ1) is 18.7. The number of unbranched alkanes of at least 4 members (excludes halogenated alkanes) is 11. The van der Waals surface area contributed by atoms with Crippen LogP contribution in [0.1, 0.15) is 103 Å². The highest BCUT2D eigenvalue weighted by Crippen LogP contribution is 2.10. The molecule has 210 valence electrons. The lowest BCUT2D eigenvalue weighted by molar-refractivity contribution is -0.137. The molecule has 0 aliphatic rings. The van der Waals surface area contributed by atoms with E-state index in [0.29, 0.717) is 12.8 Å². The zero-order chi connectivity index (χ0) is 27.5. The van der Waals surface area contributed by atoms with Gasteiger partial charge in [0.1, 0.15) is 5.82 Å². The number of carboxylic acids is 1. The van der Waals surface area contributed by atoms with Gasteiger partial charge in [0.2, 0.25) is 0 Å². The number of imidazole rings is 1. The summed E-state index contributed by atoms with van der Waals surface area (Å²) in [7, 11) is 0. The van der Waals surface area contributed by atoms with E-state index in [1.165, 1.54) is 76.0 Å². The third kappa shape index (κ3) is 19.2. The number of fused-ring (bicyclic) bond motifs is 1. The largest absolute Gasteiger partial charge is 0.481 e. The standard InChI is InChI=1S/C18H34O2.C9H7N.C5H8N2O/c1-2-3-4-5-6-7-8-9-10-11-12-13-14-15-16-17-18(19)20;1-2-6-9-8(4-1)5-3-7-10-9;8-4-1-5-6-2-3-7-5/h9-10H,2-8,11-17H2,1H3,(H,19,20);1-7H;2-3,8H,1,4H2,(H,6,7)/b10-9-;;. The van der Waals surface area contributed by atoms with E-state index in [0.717, 1.165) is 24.2 Å². The fourth-order valence-corrected chi connectivity index (χ4v) is 3.90. The number of hydrogen-bond donors (Lipinski definition) is 3. The average molecular weight is 524 g/mol. The summed E-state index contributed by atoms with van der Waals surface area (Å²) in [4.78, 5) is 21.3. The van der Waals surface area contributed by atoms with E-state index in [-0.39, 0.29) is 6.61 Å². The smallest absolute Gasteiger partial charge is 0.303 e. The van der Waals surface area contributed by atoms with Crippen LogP contribution < -0.4 is 0 Å². The molecular weight excluding hydrogens is 474 g/mol. The number of rotatable bonds is 17. The van der Waals surface area contributed by atoms with Crippen LogP contribution in [0.4, 0.5) is 0 Å². The van der Waals surface area contributed by atoms with Crippen LogP contribution in [-0.2, 0) is 11.2 Å². The highest BCUT2D eigenvalue weighted by atomic mass is 16.4. The maximum Gasteiger partial charge on any atom is 0.303 e. The molecule has 0 bridgehead atoms. The predicted octanol–water partition coefficient (Wildman–Crippen LogP) is 8.29. The summed E-state index contributed by atoms with van der Waals surface area (Å²) in [6, 6.07) is 12.1. The highest BCUT2D eigenvalue weighted by Gasteiger charge is 1.96. The number of aliphatic hydroxyl groups is 1. The Labute approximate surface area is 229 Å². The number of allylic oxidation sites excluding steroid dienone is 2. The van der Waals surface area contributed by atoms with Crippen molar-refractivity contribution >= 4 is 16.9 Å². The van der Waals surface area contributed by atoms with Crippen molar-refractivity contribution in [3.63, 3.8) is 0 Å². The van der Waals surface area contributed by atoms with Gasteiger partial charge in [-0.3, -0.25) is 9.78 Å². The number of nitrogens with zero attached hydrogens (tertiary/aromatic N) is 2. The van der Waals surface area contributed by atoms with Crippen LogP contribution >= 0.6 is 0 Å². The molecule has 0 aliphatic carbocycles. The van der Waals surface area contributed by atoms with Crippen molar-refractivity contribution in [3.05, 3.63) is 73.0 Å². The Morgan fingerprint density at radius 2 is 1.45 bits per heavy atom. The zero-order valence-electron chi connectivity index (χ0n) is 23.4. The van der Waals surface area contributed by atoms with Crippen molar-refractivity contribution in [2.75, 3.05) is 6.61 Å². The van der Waals surface area contributed by atoms with Gasteiger partial charge in [-0.05, 0) is 44.2 Å². The predicted molar refractivity (Wildman–Crippen MR) is 158 cm³/mol. The number of H-pyrrole nitrogens is 1. The Hall–Kier alpha value is -2.99. The monoisotopic (exact) mass is 523 g/mol. The van der Waals surface area contributed by atoms with Gasteiger partial charge in [0.05, 0.1) is 12.1 Å². The van der Waals surface area contributed by atoms with E-state index in [4.69, 9.17) is 10.2 Å². The molecule has 2 aromatic heterocycles. The van der Waals surface area contributed by atoms with Gasteiger partial charge in [0.25, 0.3) is 0 Å². The van der Waals surface area contributed by atoms with Crippen molar-refractivity contribution < 1.29 is 15.0 Å². The lowest BCUT2D eigenvalue weighted by Gasteiger charge is -1.99. The average Bonchev–Trinajstić information content (AvgIpc) is 3.45. The van der Waals surface area contributed by atoms with E-state index in [9.17, 15) is 4.79 Å². The molecule has 0 saturated carbocycles. The van der Waals surface area contributed by atoms with Gasteiger partial charge in [0, 0.05) is 36.8 Å². The van der Waals surface area contributed by atoms with Crippen LogP contribution in [-0.4, -0.2) is 37.7 Å². The number of carboxylic acid groups (broad SMARTS) is 1. The summed E-state index contributed by atoms with van der Waals surface area (Å²) in [6.07, 6.45) is 27.1. The van der Waals surface area contributed by atoms with Crippen molar-refractivity contribution in [1.82, 2.24) is 15.0 Å². The summed E-state index contributed by atoms with van der Waals surface area (Å²) in [6.45, 7) is 2.42. The molecule has 0 unspecified atom stereocenters. The second kappa shape index (κ2) is 24.4. The molecule has 38 heavy (non-hydrogen) atoms. The number of hydrogen-bond acceptors (Lipinski definition) is 4. The molecule has 0 atom stereocenters. The number of para-hydroxylation sites is 1. The van der Waals surface area contributed by atoms with Crippen molar-refractivity contribution in [2.45, 2.75) is 103 Å². The van der Waals surface area contributed by atoms with Gasteiger partial charge >= 0.3 is 5.97 Å². The van der Waals surface area contributed by atoms with Gasteiger partial charge in [-0.2, -0.15) is 0 Å². The maximum absolute atomic E-state index is 10.3. The summed E-state index contributed by atoms with van der Waals surface area (Å²) < 4.78 is 0. The van der Waals surface area contributed by atoms with E-state index in [1.54, 1.807) is 12.4 Å². The van der Waals surface area contributed by atoms with E-state index in [1.807, 2.05) is 30.5 Å². The highest BCUT2D eigenvalue weighted by molar-refractivity contribution is 5.77. The first-order valence-corrected chi connectivity index (χ1v) is 14.4. The number of aromatic nitrogens is 3. The lowest BCUT2D eigenvalue weighted by atomic mass is 10.1. The molecular formula is C32H49N3O3. The molecule has 3 rings (SSSR count). The minimum atomic E-state index is -0.664. The number of pyridine rings is 1. The van der Waals surface area contributed by atoms with Crippen LogP contribution in [0.25, 0.3) is 10.9 Å². The second-order valence-electron chi connectivity index (χ2n) is 9.43. The normalized spacial score (nSPS) is 10.6. The number of carbonyl (C=O) groups is 1. The van der Waals surface area contributed by atoms with Crippen LogP contribution in [0.2, 0.25) is 0 Å². The van der Waals surface area contributed by atoms with Gasteiger partial charge < -0.3 is 15.2 Å². The molecule has 0 fully saturated rings. The Balaban J connectivity index is 0.000000326. The van der Waals surface area contributed by atoms with Crippen LogP contribution in [0.5, 0.6) is 0 Å². The van der Waals surface area contributed by atoms with E-state index >= 15 is 0 Å². The van der Waals surface area contributed by atoms with Gasteiger partial charge in [-0.1, -0.05) is 94.7 Å². The molecule has 0 aliphatic heterocycles. The fraction of sp³-hybridized carbons (Fsp3) is 0.531. The summed E-state index contributed by atoms with van der Waals surface area (Å²) in [5, 5.41) is 18.1. The third-order valence-corrected chi connectivity index (χ3v) is 6.07. The number of aliphatic hydroxyl groups excluding tert-OH is 1. The molecule has 2 heterocycles. The lowest BCUT2D eigenvalue weighted by Crippen LogP contribution is -1.93. The molecule has 0 saturated heterocycles. The van der Waals surface area contributed by atoms with Crippen LogP contribution in [0.3, 0.4) is 0 Å². The number of aromatic amines is 1. The summed E-state index contributed by atoms with van der Waals surface area (Å²) in [5.41, 5.74) is 1.06. The van der Waals surface area contributed by atoms with Crippen LogP contribution in [0.15, 0.2) is 67.1 Å². The van der Waals surface area contributed by atoms with E-state index < -0.39 is 5.97 Å². The molecule has 6 heteroatoms. The summed E-state index contributed by atoms with van der Waals surface area (Å²) in [5.74, 6) is 0.176. The Morgan fingerprint density at radius 3 is 2.05 bits per heavy atom. The van der Waals surface area contributed by atoms with Crippen molar-refractivity contribution in [2.24, 2.45) is 0 Å². The minimum Gasteiger partial charge on any atom is -0.481 e. The van der Waals surface area contributed by atoms with E-state index in [2.05, 4.69) is 46.2 Å². The van der Waals surface area contributed by atoms with Crippen molar-refractivity contribution in [1.29, 1.82) is 0 Å². The molecule has 3 N–H and O–H groups in total. The fourth-order valence-electron chi connectivity index (χ4n) is 3.90. The number of nitrogens with one attached hydrogen (secondary N) is 1. The number of aliphatic carboxylic acids is 1. The SMILES string of the molecule is CCCCCCCC/C=C\CCCCCCCC(=O)O.OCCc1ncc[nH]1.c1ccc2ncccc2c1. The Morgan fingerprint density at radius 1 is 0.816 bits per heavy atom. The number of benzene rings is 1. The maximum atomic E-state index is 10.3. The Bertz CT molecular complexity index is 892. The molecule has 3 aromatic rings. The van der Waals surface area contributed by atoms with Gasteiger partial charge in [-0.15, -0.1) is 0 Å². The Kier molecular flexibility index (Phi) is 21.2. The second-order valence-corrected chi connectivity index (χ2v) is 9.43. The molecule has 6 nitrogen and oxygen atoms in total. The molecule has 0 amide bonds. The molecule has 0 radical (unpaired) electrons. The first kappa shape index (κ1) is 33.0. The minimum absolute atomic E-state index is 0.160. The third-order valence-electron chi connectivity index (χ3n) is 6.07. The van der Waals surface area contributed by atoms with Crippen molar-refractivity contribution in [3.8, 4) is 0 Å². The first-order valence-electron chi connectivity index (χ1n) is 14.4. The summed E-state index contributed by atoms with van der Waals surface area (Å²) >= 11 is 0. The zero-order valence-corrected chi connectivity index (χ0v) is 23.4. The quantitative estimate of drug-likeness (QED) is 0.122.